The van der Waals surface area contributed by atoms with Gasteiger partial charge in [-0.05, 0) is 61.4 Å². The lowest BCUT2D eigenvalue weighted by Gasteiger charge is -2.41. The molecule has 0 unspecified atom stereocenters. The summed E-state index contributed by atoms with van der Waals surface area (Å²) in [5.74, 6) is 0.670. The van der Waals surface area contributed by atoms with Crippen molar-refractivity contribution in [1.29, 1.82) is 0 Å². The Balaban J connectivity index is 1.32. The molecule has 1 aliphatic carbocycles. The van der Waals surface area contributed by atoms with Gasteiger partial charge >= 0.3 is 0 Å². The number of benzene rings is 2. The van der Waals surface area contributed by atoms with Crippen LogP contribution in [0.1, 0.15) is 37.2 Å². The third-order valence-corrected chi connectivity index (χ3v) is 8.37. The average Bonchev–Trinajstić information content (AvgIpc) is 2.75. The van der Waals surface area contributed by atoms with E-state index in [4.69, 9.17) is 11.6 Å². The first-order valence-corrected chi connectivity index (χ1v) is 11.9. The van der Waals surface area contributed by atoms with Gasteiger partial charge in [0.2, 0.25) is 10.0 Å². The van der Waals surface area contributed by atoms with Gasteiger partial charge < -0.3 is 0 Å². The Kier molecular flexibility index (Phi) is 6.07. The summed E-state index contributed by atoms with van der Waals surface area (Å²) in [5.41, 5.74) is 1.46. The van der Waals surface area contributed by atoms with Crippen molar-refractivity contribution in [2.75, 3.05) is 26.2 Å². The van der Waals surface area contributed by atoms with E-state index in [0.717, 1.165) is 13.1 Å². The van der Waals surface area contributed by atoms with Crippen LogP contribution in [0.5, 0.6) is 0 Å². The Labute approximate surface area is 173 Å². The van der Waals surface area contributed by atoms with Crippen LogP contribution in [0, 0.1) is 0 Å². The Morgan fingerprint density at radius 2 is 1.39 bits per heavy atom. The van der Waals surface area contributed by atoms with Gasteiger partial charge in [-0.1, -0.05) is 41.9 Å². The number of hydrogen-bond donors (Lipinski definition) is 0. The maximum Gasteiger partial charge on any atom is 0.243 e. The molecule has 2 aromatic carbocycles. The monoisotopic (exact) mass is 418 g/mol. The molecule has 0 N–H and O–H groups in total. The van der Waals surface area contributed by atoms with Crippen molar-refractivity contribution in [2.24, 2.45) is 0 Å². The molecule has 28 heavy (non-hydrogen) atoms. The molecule has 1 saturated heterocycles. The SMILES string of the molecule is O=S(=O)(c1ccc(Cl)cc1)N1CCN(C2CCC(c3ccccc3)CC2)CC1. The smallest absolute Gasteiger partial charge is 0.243 e. The molecule has 1 saturated carbocycles. The summed E-state index contributed by atoms with van der Waals surface area (Å²) >= 11 is 5.89. The average molecular weight is 419 g/mol. The van der Waals surface area contributed by atoms with Crippen molar-refractivity contribution in [1.82, 2.24) is 9.21 Å². The van der Waals surface area contributed by atoms with Gasteiger partial charge in [-0.25, -0.2) is 8.42 Å². The lowest BCUT2D eigenvalue weighted by Crippen LogP contribution is -2.52. The fourth-order valence-electron chi connectivity index (χ4n) is 4.56. The van der Waals surface area contributed by atoms with Crippen LogP contribution in [0.3, 0.4) is 0 Å². The van der Waals surface area contributed by atoms with E-state index < -0.39 is 10.0 Å². The van der Waals surface area contributed by atoms with Crippen LogP contribution in [-0.4, -0.2) is 49.8 Å². The zero-order valence-corrected chi connectivity index (χ0v) is 17.6. The lowest BCUT2D eigenvalue weighted by molar-refractivity contribution is 0.107. The minimum absolute atomic E-state index is 0.328. The molecule has 0 aromatic heterocycles. The third kappa shape index (κ3) is 4.28. The predicted molar refractivity (Wildman–Crippen MR) is 113 cm³/mol. The maximum atomic E-state index is 12.8. The van der Waals surface area contributed by atoms with Gasteiger partial charge in [0.25, 0.3) is 0 Å². The summed E-state index contributed by atoms with van der Waals surface area (Å²) in [7, 11) is -3.43. The van der Waals surface area contributed by atoms with Gasteiger partial charge in [-0.2, -0.15) is 4.31 Å². The number of sulfonamides is 1. The molecule has 2 fully saturated rings. The molecule has 4 nitrogen and oxygen atoms in total. The molecule has 0 amide bonds. The number of rotatable bonds is 4. The summed E-state index contributed by atoms with van der Waals surface area (Å²) in [5, 5.41) is 0.551. The largest absolute Gasteiger partial charge is 0.298 e. The first kappa shape index (κ1) is 19.9. The Morgan fingerprint density at radius 1 is 0.786 bits per heavy atom. The van der Waals surface area contributed by atoms with E-state index in [1.54, 1.807) is 28.6 Å². The van der Waals surface area contributed by atoms with Gasteiger partial charge in [-0.15, -0.1) is 0 Å². The molecule has 0 bridgehead atoms. The highest BCUT2D eigenvalue weighted by atomic mass is 35.5. The molecule has 0 spiro atoms. The van der Waals surface area contributed by atoms with Crippen molar-refractivity contribution >= 4 is 21.6 Å². The quantitative estimate of drug-likeness (QED) is 0.740. The van der Waals surface area contributed by atoms with Crippen LogP contribution in [0.4, 0.5) is 0 Å². The van der Waals surface area contributed by atoms with Gasteiger partial charge in [0.1, 0.15) is 0 Å². The number of halogens is 1. The molecule has 150 valence electrons. The lowest BCUT2D eigenvalue weighted by atomic mass is 9.81. The maximum absolute atomic E-state index is 12.8. The standard InChI is InChI=1S/C22H27ClN2O2S/c23-20-8-12-22(13-9-20)28(26,27)25-16-14-24(15-17-25)21-10-6-19(7-11-21)18-4-2-1-3-5-18/h1-5,8-9,12-13,19,21H,6-7,10-11,14-17H2. The Bertz CT molecular complexity index is 871. The van der Waals surface area contributed by atoms with Crippen molar-refractivity contribution in [2.45, 2.75) is 42.5 Å². The Morgan fingerprint density at radius 3 is 2.00 bits per heavy atom. The van der Waals surface area contributed by atoms with E-state index in [1.165, 1.54) is 31.2 Å². The molecule has 1 aliphatic heterocycles. The summed E-state index contributed by atoms with van der Waals surface area (Å²) in [4.78, 5) is 2.82. The van der Waals surface area contributed by atoms with Gasteiger partial charge in [-0.3, -0.25) is 4.90 Å². The summed E-state index contributed by atoms with van der Waals surface area (Å²) in [6.07, 6.45) is 4.84. The molecular weight excluding hydrogens is 392 g/mol. The highest BCUT2D eigenvalue weighted by Crippen LogP contribution is 2.35. The number of piperazine rings is 1. The van der Waals surface area contributed by atoms with Crippen LogP contribution in [-0.2, 0) is 10.0 Å². The summed E-state index contributed by atoms with van der Waals surface area (Å²) in [6.45, 7) is 2.74. The molecule has 2 aliphatic rings. The molecule has 0 radical (unpaired) electrons. The van der Waals surface area contributed by atoms with Crippen LogP contribution >= 0.6 is 11.6 Å². The minimum atomic E-state index is -3.43. The summed E-state index contributed by atoms with van der Waals surface area (Å²) < 4.78 is 27.3. The molecule has 1 heterocycles. The van der Waals surface area contributed by atoms with E-state index in [9.17, 15) is 8.42 Å². The van der Waals surface area contributed by atoms with Crippen LogP contribution in [0.15, 0.2) is 59.5 Å². The van der Waals surface area contributed by atoms with Crippen molar-refractivity contribution in [3.63, 3.8) is 0 Å². The van der Waals surface area contributed by atoms with Crippen LogP contribution in [0.2, 0.25) is 5.02 Å². The molecular formula is C22H27ClN2O2S. The fraction of sp³-hybridized carbons (Fsp3) is 0.455. The van der Waals surface area contributed by atoms with E-state index >= 15 is 0 Å². The molecule has 2 aromatic rings. The zero-order chi connectivity index (χ0) is 19.6. The van der Waals surface area contributed by atoms with E-state index in [-0.39, 0.29) is 0 Å². The van der Waals surface area contributed by atoms with Gasteiger partial charge in [0, 0.05) is 37.2 Å². The predicted octanol–water partition coefficient (Wildman–Crippen LogP) is 4.37. The second kappa shape index (κ2) is 8.54. The second-order valence-corrected chi connectivity index (χ2v) is 10.2. The highest BCUT2D eigenvalue weighted by molar-refractivity contribution is 7.89. The minimum Gasteiger partial charge on any atom is -0.298 e. The topological polar surface area (TPSA) is 40.6 Å². The third-order valence-electron chi connectivity index (χ3n) is 6.21. The molecule has 0 atom stereocenters. The van der Waals surface area contributed by atoms with Crippen LogP contribution < -0.4 is 0 Å². The fourth-order valence-corrected chi connectivity index (χ4v) is 6.11. The van der Waals surface area contributed by atoms with E-state index in [0.29, 0.717) is 35.0 Å². The highest BCUT2D eigenvalue weighted by Gasteiger charge is 2.32. The normalized spacial score (nSPS) is 24.9. The van der Waals surface area contributed by atoms with Crippen molar-refractivity contribution in [3.05, 3.63) is 65.2 Å². The van der Waals surface area contributed by atoms with Crippen molar-refractivity contribution in [3.8, 4) is 0 Å². The van der Waals surface area contributed by atoms with Crippen molar-refractivity contribution < 1.29 is 8.42 Å². The molecule has 4 rings (SSSR count). The first-order valence-electron chi connectivity index (χ1n) is 10.1. The first-order chi connectivity index (χ1) is 13.5. The second-order valence-electron chi connectivity index (χ2n) is 7.81. The number of hydrogen-bond acceptors (Lipinski definition) is 3. The van der Waals surface area contributed by atoms with E-state index in [2.05, 4.69) is 35.2 Å². The number of nitrogens with zero attached hydrogens (tertiary/aromatic N) is 2. The summed E-state index contributed by atoms with van der Waals surface area (Å²) in [6, 6.07) is 17.9. The molecule has 6 heteroatoms. The van der Waals surface area contributed by atoms with Gasteiger partial charge in [0.05, 0.1) is 4.90 Å². The van der Waals surface area contributed by atoms with E-state index in [1.807, 2.05) is 0 Å². The van der Waals surface area contributed by atoms with Gasteiger partial charge in [0.15, 0.2) is 0 Å². The zero-order valence-electron chi connectivity index (χ0n) is 16.0. The Hall–Kier alpha value is -1.40. The van der Waals surface area contributed by atoms with Crippen LogP contribution in [0.25, 0.3) is 0 Å².